The van der Waals surface area contributed by atoms with Crippen LogP contribution < -0.4 is 15.6 Å². The Morgan fingerprint density at radius 1 is 1.21 bits per heavy atom. The fourth-order valence-electron chi connectivity index (χ4n) is 2.50. The molecule has 2 N–H and O–H groups in total. The van der Waals surface area contributed by atoms with E-state index in [1.807, 2.05) is 32.0 Å². The van der Waals surface area contributed by atoms with Gasteiger partial charge in [-0.05, 0) is 31.5 Å². The van der Waals surface area contributed by atoms with E-state index in [0.29, 0.717) is 11.9 Å². The third kappa shape index (κ3) is 3.34. The minimum atomic E-state index is -0.196. The van der Waals surface area contributed by atoms with Crippen molar-refractivity contribution in [3.05, 3.63) is 46.0 Å². The SMILES string of the molecule is CCCc1cc(=O)[nH]c(Nc2nc(C)c3cc(OC)ccc3n2)n1. The van der Waals surface area contributed by atoms with Gasteiger partial charge in [0.2, 0.25) is 11.9 Å². The first-order valence-electron chi connectivity index (χ1n) is 7.78. The first kappa shape index (κ1) is 15.9. The number of H-pyrrole nitrogens is 1. The van der Waals surface area contributed by atoms with Crippen LogP contribution in [0.5, 0.6) is 5.75 Å². The lowest BCUT2D eigenvalue weighted by atomic mass is 10.2. The van der Waals surface area contributed by atoms with Crippen molar-refractivity contribution in [3.63, 3.8) is 0 Å². The summed E-state index contributed by atoms with van der Waals surface area (Å²) in [5.41, 5.74) is 2.15. The van der Waals surface area contributed by atoms with Gasteiger partial charge in [-0.3, -0.25) is 15.1 Å². The molecule has 0 bridgehead atoms. The van der Waals surface area contributed by atoms with E-state index in [9.17, 15) is 4.79 Å². The molecule has 3 rings (SSSR count). The van der Waals surface area contributed by atoms with Crippen LogP contribution in [0.3, 0.4) is 0 Å². The van der Waals surface area contributed by atoms with E-state index in [2.05, 4.69) is 25.3 Å². The summed E-state index contributed by atoms with van der Waals surface area (Å²) in [4.78, 5) is 27.7. The summed E-state index contributed by atoms with van der Waals surface area (Å²) in [5.74, 6) is 1.49. The third-order valence-electron chi connectivity index (χ3n) is 3.62. The van der Waals surface area contributed by atoms with Crippen molar-refractivity contribution in [2.24, 2.45) is 0 Å². The van der Waals surface area contributed by atoms with Crippen LogP contribution in [0.15, 0.2) is 29.1 Å². The van der Waals surface area contributed by atoms with Crippen LogP contribution in [0, 0.1) is 6.92 Å². The highest BCUT2D eigenvalue weighted by Gasteiger charge is 2.08. The highest BCUT2D eigenvalue weighted by atomic mass is 16.5. The number of nitrogens with zero attached hydrogens (tertiary/aromatic N) is 3. The number of rotatable bonds is 5. The number of methoxy groups -OCH3 is 1. The molecule has 0 radical (unpaired) electrons. The minimum Gasteiger partial charge on any atom is -0.497 e. The van der Waals surface area contributed by atoms with E-state index < -0.39 is 0 Å². The summed E-state index contributed by atoms with van der Waals surface area (Å²) in [6.07, 6.45) is 1.67. The normalized spacial score (nSPS) is 10.8. The summed E-state index contributed by atoms with van der Waals surface area (Å²) in [6, 6.07) is 7.13. The fraction of sp³-hybridized carbons (Fsp3) is 0.294. The smallest absolute Gasteiger partial charge is 0.252 e. The number of fused-ring (bicyclic) bond motifs is 1. The Labute approximate surface area is 139 Å². The molecule has 0 saturated heterocycles. The van der Waals surface area contributed by atoms with Gasteiger partial charge in [-0.15, -0.1) is 0 Å². The molecule has 0 unspecified atom stereocenters. The number of aromatic amines is 1. The van der Waals surface area contributed by atoms with E-state index in [0.717, 1.165) is 40.9 Å². The number of aromatic nitrogens is 4. The summed E-state index contributed by atoms with van der Waals surface area (Å²) in [6.45, 7) is 3.94. The molecule has 7 heteroatoms. The molecule has 2 heterocycles. The van der Waals surface area contributed by atoms with Gasteiger partial charge < -0.3 is 4.74 Å². The Kier molecular flexibility index (Phi) is 4.41. The van der Waals surface area contributed by atoms with Crippen LogP contribution in [-0.2, 0) is 6.42 Å². The predicted octanol–water partition coefficient (Wildman–Crippen LogP) is 2.73. The Morgan fingerprint density at radius 3 is 2.79 bits per heavy atom. The van der Waals surface area contributed by atoms with E-state index in [1.54, 1.807) is 7.11 Å². The molecule has 0 saturated carbocycles. The lowest BCUT2D eigenvalue weighted by Crippen LogP contribution is -2.13. The fourth-order valence-corrected chi connectivity index (χ4v) is 2.50. The number of nitrogens with one attached hydrogen (secondary N) is 2. The van der Waals surface area contributed by atoms with Gasteiger partial charge in [-0.25, -0.2) is 15.0 Å². The van der Waals surface area contributed by atoms with E-state index in [-0.39, 0.29) is 5.56 Å². The van der Waals surface area contributed by atoms with Gasteiger partial charge >= 0.3 is 0 Å². The summed E-state index contributed by atoms with van der Waals surface area (Å²) in [7, 11) is 1.62. The summed E-state index contributed by atoms with van der Waals surface area (Å²) in [5, 5.41) is 3.90. The van der Waals surface area contributed by atoms with Crippen LogP contribution in [0.25, 0.3) is 10.9 Å². The Bertz CT molecular complexity index is 936. The molecule has 7 nitrogen and oxygen atoms in total. The zero-order valence-corrected chi connectivity index (χ0v) is 13.9. The number of ether oxygens (including phenoxy) is 1. The number of hydrogen-bond acceptors (Lipinski definition) is 6. The quantitative estimate of drug-likeness (QED) is 0.749. The van der Waals surface area contributed by atoms with E-state index >= 15 is 0 Å². The summed E-state index contributed by atoms with van der Waals surface area (Å²) < 4.78 is 5.23. The van der Waals surface area contributed by atoms with Gasteiger partial charge in [-0.2, -0.15) is 0 Å². The molecule has 0 fully saturated rings. The first-order chi connectivity index (χ1) is 11.6. The third-order valence-corrected chi connectivity index (χ3v) is 3.62. The van der Waals surface area contributed by atoms with Crippen LogP contribution in [-0.4, -0.2) is 27.0 Å². The van der Waals surface area contributed by atoms with Gasteiger partial charge in [0.15, 0.2) is 0 Å². The average molecular weight is 325 g/mol. The van der Waals surface area contributed by atoms with Gasteiger partial charge in [-0.1, -0.05) is 13.3 Å². The zero-order valence-electron chi connectivity index (χ0n) is 13.9. The second-order valence-electron chi connectivity index (χ2n) is 5.48. The molecule has 0 aliphatic heterocycles. The lowest BCUT2D eigenvalue weighted by Gasteiger charge is -2.09. The molecular weight excluding hydrogens is 306 g/mol. The van der Waals surface area contributed by atoms with Crippen molar-refractivity contribution in [3.8, 4) is 5.75 Å². The summed E-state index contributed by atoms with van der Waals surface area (Å²) >= 11 is 0. The molecular formula is C17H19N5O2. The van der Waals surface area contributed by atoms with Gasteiger partial charge in [0.1, 0.15) is 5.75 Å². The largest absolute Gasteiger partial charge is 0.497 e. The molecule has 1 aromatic carbocycles. The standard InChI is InChI=1S/C17H19N5O2/c1-4-5-11-8-15(23)21-17(19-11)22-16-18-10(2)13-9-12(24-3)6-7-14(13)20-16/h6-9H,4-5H2,1-3H3,(H2,18,19,20,21,22,23). The molecule has 124 valence electrons. The zero-order chi connectivity index (χ0) is 17.1. The maximum absolute atomic E-state index is 11.7. The van der Waals surface area contributed by atoms with Gasteiger partial charge in [0, 0.05) is 17.1 Å². The molecule has 0 aliphatic rings. The number of anilines is 2. The predicted molar refractivity (Wildman–Crippen MR) is 93.0 cm³/mol. The number of aryl methyl sites for hydroxylation is 2. The monoisotopic (exact) mass is 325 g/mol. The molecule has 0 atom stereocenters. The first-order valence-corrected chi connectivity index (χ1v) is 7.78. The second-order valence-corrected chi connectivity index (χ2v) is 5.48. The molecule has 0 aliphatic carbocycles. The van der Waals surface area contributed by atoms with Crippen LogP contribution in [0.2, 0.25) is 0 Å². The van der Waals surface area contributed by atoms with E-state index in [1.165, 1.54) is 6.07 Å². The molecule has 2 aromatic heterocycles. The lowest BCUT2D eigenvalue weighted by molar-refractivity contribution is 0.415. The van der Waals surface area contributed by atoms with Crippen molar-refractivity contribution < 1.29 is 4.74 Å². The van der Waals surface area contributed by atoms with Crippen molar-refractivity contribution >= 4 is 22.8 Å². The Hall–Kier alpha value is -2.96. The Balaban J connectivity index is 1.97. The maximum atomic E-state index is 11.7. The van der Waals surface area contributed by atoms with Crippen molar-refractivity contribution in [1.82, 2.24) is 19.9 Å². The number of benzene rings is 1. The highest BCUT2D eigenvalue weighted by molar-refractivity contribution is 5.83. The Morgan fingerprint density at radius 2 is 2.04 bits per heavy atom. The second kappa shape index (κ2) is 6.66. The molecule has 0 spiro atoms. The van der Waals surface area contributed by atoms with Crippen LogP contribution in [0.4, 0.5) is 11.9 Å². The van der Waals surface area contributed by atoms with Gasteiger partial charge in [0.25, 0.3) is 5.56 Å². The topological polar surface area (TPSA) is 92.8 Å². The maximum Gasteiger partial charge on any atom is 0.252 e. The number of hydrogen-bond donors (Lipinski definition) is 2. The molecule has 3 aromatic rings. The van der Waals surface area contributed by atoms with Crippen molar-refractivity contribution in [1.29, 1.82) is 0 Å². The van der Waals surface area contributed by atoms with Crippen molar-refractivity contribution in [2.75, 3.05) is 12.4 Å². The molecule has 24 heavy (non-hydrogen) atoms. The van der Waals surface area contributed by atoms with Crippen LogP contribution in [0.1, 0.15) is 24.7 Å². The van der Waals surface area contributed by atoms with Crippen LogP contribution >= 0.6 is 0 Å². The van der Waals surface area contributed by atoms with Crippen molar-refractivity contribution in [2.45, 2.75) is 26.7 Å². The minimum absolute atomic E-state index is 0.196. The molecule has 0 amide bonds. The van der Waals surface area contributed by atoms with E-state index in [4.69, 9.17) is 4.74 Å². The van der Waals surface area contributed by atoms with Gasteiger partial charge in [0.05, 0.1) is 18.3 Å². The average Bonchev–Trinajstić information content (AvgIpc) is 2.54. The highest BCUT2D eigenvalue weighted by Crippen LogP contribution is 2.23.